The Morgan fingerprint density at radius 2 is 1.94 bits per heavy atom. The van der Waals surface area contributed by atoms with Gasteiger partial charge < -0.3 is 14.8 Å². The summed E-state index contributed by atoms with van der Waals surface area (Å²) in [6, 6.07) is 16.2. The zero-order valence-electron chi connectivity index (χ0n) is 17.2. The molecule has 160 valence electrons. The van der Waals surface area contributed by atoms with E-state index in [2.05, 4.69) is 24.5 Å². The first kappa shape index (κ1) is 22.6. The average molecular weight is 455 g/mol. The minimum atomic E-state index is -0.417. The van der Waals surface area contributed by atoms with E-state index in [1.54, 1.807) is 30.3 Å². The summed E-state index contributed by atoms with van der Waals surface area (Å²) in [7, 11) is 0. The number of hydrogen-bond acceptors (Lipinski definition) is 4. The third kappa shape index (κ3) is 6.20. The van der Waals surface area contributed by atoms with Crippen molar-refractivity contribution in [3.63, 3.8) is 0 Å². The normalized spacial score (nSPS) is 12.0. The number of furan rings is 1. The topological polar surface area (TPSA) is 74.5 Å². The number of halogens is 1. The standard InChI is InChI=1S/C24H23ClN2O3S/c1-3-15(2)17-6-11-21(28)20(14-17)26-24(31)27-23(29)13-10-19-9-12-22(30-19)16-4-7-18(25)8-5-16/h4-15,28H,3H2,1-2H3,(H2,26,27,29,31). The van der Waals surface area contributed by atoms with Gasteiger partial charge in [0.1, 0.15) is 17.3 Å². The Bertz CT molecular complexity index is 1110. The maximum absolute atomic E-state index is 12.2. The van der Waals surface area contributed by atoms with Crippen molar-refractivity contribution in [1.82, 2.24) is 5.32 Å². The lowest BCUT2D eigenvalue weighted by atomic mass is 9.98. The summed E-state index contributed by atoms with van der Waals surface area (Å²) in [5.74, 6) is 1.19. The molecule has 0 bridgehead atoms. The van der Waals surface area contributed by atoms with Crippen LogP contribution in [0.5, 0.6) is 5.75 Å². The van der Waals surface area contributed by atoms with Crippen LogP contribution in [0.2, 0.25) is 5.02 Å². The number of hydrogen-bond donors (Lipinski definition) is 3. The lowest BCUT2D eigenvalue weighted by molar-refractivity contribution is -0.115. The number of carbonyl (C=O) groups is 1. The Labute approximate surface area is 191 Å². The molecule has 1 atom stereocenters. The minimum absolute atomic E-state index is 0.0597. The number of phenols is 1. The van der Waals surface area contributed by atoms with Crippen LogP contribution < -0.4 is 10.6 Å². The van der Waals surface area contributed by atoms with Gasteiger partial charge in [-0.15, -0.1) is 0 Å². The van der Waals surface area contributed by atoms with Crippen LogP contribution in [0, 0.1) is 0 Å². The second-order valence-electron chi connectivity index (χ2n) is 7.07. The summed E-state index contributed by atoms with van der Waals surface area (Å²) in [4.78, 5) is 12.2. The first-order valence-corrected chi connectivity index (χ1v) is 10.6. The molecule has 7 heteroatoms. The molecule has 1 heterocycles. The van der Waals surface area contributed by atoms with Crippen molar-refractivity contribution in [2.45, 2.75) is 26.2 Å². The van der Waals surface area contributed by atoms with Gasteiger partial charge in [0.25, 0.3) is 0 Å². The molecule has 1 aromatic heterocycles. The number of amides is 1. The zero-order chi connectivity index (χ0) is 22.4. The van der Waals surface area contributed by atoms with Crippen LogP contribution in [-0.2, 0) is 4.79 Å². The van der Waals surface area contributed by atoms with E-state index >= 15 is 0 Å². The summed E-state index contributed by atoms with van der Waals surface area (Å²) in [6.07, 6.45) is 3.86. The number of anilines is 1. The highest BCUT2D eigenvalue weighted by Crippen LogP contribution is 2.29. The molecule has 1 unspecified atom stereocenters. The van der Waals surface area contributed by atoms with Gasteiger partial charge >= 0.3 is 0 Å². The van der Waals surface area contributed by atoms with Crippen molar-refractivity contribution >= 4 is 46.6 Å². The smallest absolute Gasteiger partial charge is 0.250 e. The Morgan fingerprint density at radius 3 is 2.65 bits per heavy atom. The van der Waals surface area contributed by atoms with Crippen molar-refractivity contribution in [2.75, 3.05) is 5.32 Å². The van der Waals surface area contributed by atoms with Crippen LogP contribution in [-0.4, -0.2) is 16.1 Å². The number of rotatable bonds is 6. The molecular formula is C24H23ClN2O3S. The average Bonchev–Trinajstić information content (AvgIpc) is 3.23. The third-order valence-corrected chi connectivity index (χ3v) is 5.30. The Balaban J connectivity index is 1.59. The predicted octanol–water partition coefficient (Wildman–Crippen LogP) is 6.35. The van der Waals surface area contributed by atoms with Crippen LogP contribution >= 0.6 is 23.8 Å². The van der Waals surface area contributed by atoms with E-state index < -0.39 is 5.91 Å². The van der Waals surface area contributed by atoms with Crippen LogP contribution in [0.1, 0.15) is 37.5 Å². The molecule has 0 saturated heterocycles. The molecule has 3 rings (SSSR count). The third-order valence-electron chi connectivity index (χ3n) is 4.84. The maximum atomic E-state index is 12.2. The molecule has 5 nitrogen and oxygen atoms in total. The monoisotopic (exact) mass is 454 g/mol. The number of carbonyl (C=O) groups excluding carboxylic acids is 1. The molecule has 0 aliphatic rings. The summed E-state index contributed by atoms with van der Waals surface area (Å²) >= 11 is 11.1. The fourth-order valence-electron chi connectivity index (χ4n) is 2.87. The van der Waals surface area contributed by atoms with Gasteiger partial charge in [0.15, 0.2) is 5.11 Å². The lowest BCUT2D eigenvalue weighted by Gasteiger charge is -2.14. The van der Waals surface area contributed by atoms with Crippen molar-refractivity contribution in [1.29, 1.82) is 0 Å². The molecule has 3 aromatic rings. The molecule has 0 fully saturated rings. The van der Waals surface area contributed by atoms with E-state index in [-0.39, 0.29) is 10.9 Å². The van der Waals surface area contributed by atoms with Gasteiger partial charge in [-0.1, -0.05) is 31.5 Å². The fourth-order valence-corrected chi connectivity index (χ4v) is 3.21. The molecule has 31 heavy (non-hydrogen) atoms. The number of benzene rings is 2. The number of thiocarbonyl (C=S) groups is 1. The van der Waals surface area contributed by atoms with Crippen molar-refractivity contribution in [3.05, 3.63) is 77.0 Å². The molecule has 3 N–H and O–H groups in total. The lowest BCUT2D eigenvalue weighted by Crippen LogP contribution is -2.32. The van der Waals surface area contributed by atoms with Crippen molar-refractivity contribution < 1.29 is 14.3 Å². The molecule has 1 amide bonds. The highest BCUT2D eigenvalue weighted by molar-refractivity contribution is 7.80. The molecule has 0 spiro atoms. The number of nitrogens with one attached hydrogen (secondary N) is 2. The first-order valence-electron chi connectivity index (χ1n) is 9.84. The van der Waals surface area contributed by atoms with Gasteiger partial charge in [-0.05, 0) is 84.7 Å². The second-order valence-corrected chi connectivity index (χ2v) is 7.92. The molecule has 0 aliphatic carbocycles. The van der Waals surface area contributed by atoms with Crippen LogP contribution in [0.4, 0.5) is 5.69 Å². The maximum Gasteiger partial charge on any atom is 0.250 e. The highest BCUT2D eigenvalue weighted by atomic mass is 35.5. The van der Waals surface area contributed by atoms with E-state index in [1.807, 2.05) is 30.3 Å². The van der Waals surface area contributed by atoms with E-state index in [0.29, 0.717) is 28.1 Å². The number of phenolic OH excluding ortho intramolecular Hbond substituents is 1. The van der Waals surface area contributed by atoms with Crippen LogP contribution in [0.3, 0.4) is 0 Å². The highest BCUT2D eigenvalue weighted by Gasteiger charge is 2.10. The molecular weight excluding hydrogens is 432 g/mol. The minimum Gasteiger partial charge on any atom is -0.506 e. The Morgan fingerprint density at radius 1 is 1.19 bits per heavy atom. The van der Waals surface area contributed by atoms with Crippen molar-refractivity contribution in [2.24, 2.45) is 0 Å². The molecule has 0 aliphatic heterocycles. The second kappa shape index (κ2) is 10.3. The van der Waals surface area contributed by atoms with E-state index in [9.17, 15) is 9.90 Å². The van der Waals surface area contributed by atoms with Crippen LogP contribution in [0.15, 0.2) is 65.1 Å². The quantitative estimate of drug-likeness (QED) is 0.230. The van der Waals surface area contributed by atoms with Gasteiger partial charge in [-0.3, -0.25) is 10.1 Å². The molecule has 2 aromatic carbocycles. The van der Waals surface area contributed by atoms with E-state index in [4.69, 9.17) is 28.2 Å². The fraction of sp³-hybridized carbons (Fsp3) is 0.167. The Hall–Kier alpha value is -3.09. The van der Waals surface area contributed by atoms with Crippen molar-refractivity contribution in [3.8, 4) is 17.1 Å². The summed E-state index contributed by atoms with van der Waals surface area (Å²) in [5, 5.41) is 16.2. The molecule has 0 radical (unpaired) electrons. The zero-order valence-corrected chi connectivity index (χ0v) is 18.8. The Kier molecular flexibility index (Phi) is 7.50. The summed E-state index contributed by atoms with van der Waals surface area (Å²) < 4.78 is 5.73. The van der Waals surface area contributed by atoms with Gasteiger partial charge in [-0.2, -0.15) is 0 Å². The summed E-state index contributed by atoms with van der Waals surface area (Å²) in [6.45, 7) is 4.20. The predicted molar refractivity (Wildman–Crippen MR) is 129 cm³/mol. The SMILES string of the molecule is CCC(C)c1ccc(O)c(NC(=S)NC(=O)C=Cc2ccc(-c3ccc(Cl)cc3)o2)c1. The van der Waals surface area contributed by atoms with Gasteiger partial charge in [-0.25, -0.2) is 0 Å². The van der Waals surface area contributed by atoms with Gasteiger partial charge in [0, 0.05) is 16.7 Å². The van der Waals surface area contributed by atoms with Gasteiger partial charge in [0.05, 0.1) is 5.69 Å². The van der Waals surface area contributed by atoms with E-state index in [1.165, 1.54) is 6.08 Å². The largest absolute Gasteiger partial charge is 0.506 e. The molecule has 0 saturated carbocycles. The number of aromatic hydroxyl groups is 1. The van der Waals surface area contributed by atoms with Gasteiger partial charge in [0.2, 0.25) is 5.91 Å². The van der Waals surface area contributed by atoms with E-state index in [0.717, 1.165) is 17.5 Å². The summed E-state index contributed by atoms with van der Waals surface area (Å²) in [5.41, 5.74) is 2.41. The van der Waals surface area contributed by atoms with Crippen LogP contribution in [0.25, 0.3) is 17.4 Å². The first-order chi connectivity index (χ1) is 14.9.